The molecule has 0 aliphatic rings. The fourth-order valence-corrected chi connectivity index (χ4v) is 2.42. The summed E-state index contributed by atoms with van der Waals surface area (Å²) in [5.74, 6) is 1.06. The van der Waals surface area contributed by atoms with Gasteiger partial charge in [0, 0.05) is 21.0 Å². The molecule has 0 radical (unpaired) electrons. The van der Waals surface area contributed by atoms with Gasteiger partial charge in [-0.15, -0.1) is 11.8 Å². The lowest BCUT2D eigenvalue weighted by molar-refractivity contribution is 0.103. The van der Waals surface area contributed by atoms with Crippen LogP contribution in [-0.2, 0) is 0 Å². The topological polar surface area (TPSA) is 17.1 Å². The minimum Gasteiger partial charge on any atom is -0.289 e. The second-order valence-corrected chi connectivity index (χ2v) is 5.57. The normalized spacial score (nSPS) is 10.3. The summed E-state index contributed by atoms with van der Waals surface area (Å²) in [6.07, 6.45) is 0. The van der Waals surface area contributed by atoms with Crippen molar-refractivity contribution in [3.8, 4) is 0 Å². The van der Waals surface area contributed by atoms with Crippen LogP contribution in [0, 0.1) is 0 Å². The Morgan fingerprint density at radius 3 is 2.00 bits per heavy atom. The predicted molar refractivity (Wildman–Crippen MR) is 77.7 cm³/mol. The minimum atomic E-state index is 0.0275. The van der Waals surface area contributed by atoms with Gasteiger partial charge in [-0.25, -0.2) is 0 Å². The molecule has 0 aliphatic carbocycles. The van der Waals surface area contributed by atoms with E-state index in [-0.39, 0.29) is 5.78 Å². The third-order valence-electron chi connectivity index (χ3n) is 2.53. The van der Waals surface area contributed by atoms with Crippen molar-refractivity contribution >= 4 is 29.1 Å². The molecule has 0 unspecified atom stereocenters. The first-order chi connectivity index (χ1) is 8.70. The number of ketones is 1. The van der Waals surface area contributed by atoms with Crippen molar-refractivity contribution in [2.45, 2.75) is 11.8 Å². The second-order valence-electron chi connectivity index (χ2n) is 3.79. The molecule has 92 valence electrons. The average molecular weight is 277 g/mol. The van der Waals surface area contributed by atoms with Gasteiger partial charge in [0.15, 0.2) is 5.78 Å². The summed E-state index contributed by atoms with van der Waals surface area (Å²) in [5, 5.41) is 0.640. The van der Waals surface area contributed by atoms with E-state index in [9.17, 15) is 4.79 Å². The summed E-state index contributed by atoms with van der Waals surface area (Å²) < 4.78 is 0. The van der Waals surface area contributed by atoms with Crippen molar-refractivity contribution in [2.24, 2.45) is 0 Å². The fraction of sp³-hybridized carbons (Fsp3) is 0.133. The Morgan fingerprint density at radius 1 is 1.00 bits per heavy atom. The highest BCUT2D eigenvalue weighted by molar-refractivity contribution is 7.99. The van der Waals surface area contributed by atoms with Gasteiger partial charge in [-0.3, -0.25) is 4.79 Å². The molecule has 0 spiro atoms. The van der Waals surface area contributed by atoms with Crippen molar-refractivity contribution < 1.29 is 4.79 Å². The first-order valence-electron chi connectivity index (χ1n) is 5.74. The quantitative estimate of drug-likeness (QED) is 0.596. The number of thioether (sulfide) groups is 1. The summed E-state index contributed by atoms with van der Waals surface area (Å²) in [5.41, 5.74) is 1.37. The number of hydrogen-bond acceptors (Lipinski definition) is 2. The number of halogens is 1. The molecular weight excluding hydrogens is 264 g/mol. The minimum absolute atomic E-state index is 0.0275. The molecule has 0 N–H and O–H groups in total. The molecule has 2 aromatic rings. The first-order valence-corrected chi connectivity index (χ1v) is 7.10. The van der Waals surface area contributed by atoms with Gasteiger partial charge in [0.25, 0.3) is 0 Å². The zero-order valence-corrected chi connectivity index (χ0v) is 11.6. The number of carbonyl (C=O) groups is 1. The lowest BCUT2D eigenvalue weighted by Gasteiger charge is -2.03. The van der Waals surface area contributed by atoms with Gasteiger partial charge < -0.3 is 0 Å². The Labute approximate surface area is 116 Å². The monoisotopic (exact) mass is 276 g/mol. The predicted octanol–water partition coefficient (Wildman–Crippen LogP) is 4.68. The number of carbonyl (C=O) groups excluding carboxylic acids is 1. The summed E-state index contributed by atoms with van der Waals surface area (Å²) in [6, 6.07) is 14.7. The van der Waals surface area contributed by atoms with Crippen molar-refractivity contribution in [1.29, 1.82) is 0 Å². The molecule has 2 rings (SSSR count). The van der Waals surface area contributed by atoms with Crippen molar-refractivity contribution in [1.82, 2.24) is 0 Å². The van der Waals surface area contributed by atoms with E-state index >= 15 is 0 Å². The molecule has 0 saturated heterocycles. The van der Waals surface area contributed by atoms with Crippen LogP contribution < -0.4 is 0 Å². The molecule has 0 aliphatic heterocycles. The van der Waals surface area contributed by atoms with Gasteiger partial charge in [-0.2, -0.15) is 0 Å². The van der Waals surface area contributed by atoms with Gasteiger partial charge in [0.05, 0.1) is 0 Å². The van der Waals surface area contributed by atoms with Crippen molar-refractivity contribution in [2.75, 3.05) is 5.75 Å². The van der Waals surface area contributed by atoms with Crippen molar-refractivity contribution in [3.05, 3.63) is 64.7 Å². The zero-order valence-electron chi connectivity index (χ0n) is 10.0. The van der Waals surface area contributed by atoms with Crippen LogP contribution in [0.1, 0.15) is 22.8 Å². The summed E-state index contributed by atoms with van der Waals surface area (Å²) in [4.78, 5) is 13.4. The molecule has 0 amide bonds. The van der Waals surface area contributed by atoms with E-state index < -0.39 is 0 Å². The zero-order chi connectivity index (χ0) is 13.0. The Kier molecular flexibility index (Phi) is 4.45. The molecule has 0 heterocycles. The Hall–Kier alpha value is -1.25. The fourth-order valence-electron chi connectivity index (χ4n) is 1.64. The maximum Gasteiger partial charge on any atom is 0.193 e. The molecule has 0 atom stereocenters. The molecule has 1 nitrogen and oxygen atoms in total. The third kappa shape index (κ3) is 3.15. The maximum absolute atomic E-state index is 12.2. The highest BCUT2D eigenvalue weighted by Gasteiger charge is 2.08. The van der Waals surface area contributed by atoms with Crippen LogP contribution in [0.4, 0.5) is 0 Å². The van der Waals surface area contributed by atoms with Gasteiger partial charge in [-0.05, 0) is 54.3 Å². The number of benzene rings is 2. The van der Waals surface area contributed by atoms with E-state index in [2.05, 4.69) is 6.92 Å². The van der Waals surface area contributed by atoms with E-state index in [0.29, 0.717) is 16.1 Å². The van der Waals surface area contributed by atoms with Crippen LogP contribution in [0.5, 0.6) is 0 Å². The Balaban J connectivity index is 2.20. The first kappa shape index (κ1) is 13.2. The molecule has 0 saturated carbocycles. The van der Waals surface area contributed by atoms with Gasteiger partial charge in [0.1, 0.15) is 0 Å². The smallest absolute Gasteiger partial charge is 0.193 e. The molecule has 18 heavy (non-hydrogen) atoms. The van der Waals surface area contributed by atoms with Crippen LogP contribution in [-0.4, -0.2) is 11.5 Å². The van der Waals surface area contributed by atoms with Gasteiger partial charge >= 0.3 is 0 Å². The Morgan fingerprint density at radius 2 is 1.50 bits per heavy atom. The lowest BCUT2D eigenvalue weighted by atomic mass is 10.0. The molecular formula is C15H13ClOS. The number of rotatable bonds is 4. The van der Waals surface area contributed by atoms with E-state index in [4.69, 9.17) is 11.6 Å². The van der Waals surface area contributed by atoms with E-state index in [1.807, 2.05) is 24.3 Å². The van der Waals surface area contributed by atoms with Crippen LogP contribution in [0.15, 0.2) is 53.4 Å². The third-order valence-corrected chi connectivity index (χ3v) is 3.68. The van der Waals surface area contributed by atoms with E-state index in [0.717, 1.165) is 5.75 Å². The van der Waals surface area contributed by atoms with Gasteiger partial charge in [0.2, 0.25) is 0 Å². The summed E-state index contributed by atoms with van der Waals surface area (Å²) in [6.45, 7) is 2.11. The summed E-state index contributed by atoms with van der Waals surface area (Å²) in [7, 11) is 0. The van der Waals surface area contributed by atoms with E-state index in [1.165, 1.54) is 4.90 Å². The molecule has 2 aromatic carbocycles. The SMILES string of the molecule is CCSc1ccc(C(=O)c2ccc(Cl)cc2)cc1. The molecule has 0 aromatic heterocycles. The van der Waals surface area contributed by atoms with Crippen LogP contribution in [0.2, 0.25) is 5.02 Å². The average Bonchev–Trinajstić information content (AvgIpc) is 2.40. The highest BCUT2D eigenvalue weighted by Crippen LogP contribution is 2.19. The van der Waals surface area contributed by atoms with E-state index in [1.54, 1.807) is 36.0 Å². The molecule has 0 bridgehead atoms. The van der Waals surface area contributed by atoms with Crippen molar-refractivity contribution in [3.63, 3.8) is 0 Å². The second kappa shape index (κ2) is 6.07. The van der Waals surface area contributed by atoms with Crippen LogP contribution in [0.3, 0.4) is 0 Å². The molecule has 3 heteroatoms. The lowest BCUT2D eigenvalue weighted by Crippen LogP contribution is -2.00. The van der Waals surface area contributed by atoms with Crippen LogP contribution in [0.25, 0.3) is 0 Å². The summed E-state index contributed by atoms with van der Waals surface area (Å²) >= 11 is 7.57. The standard InChI is InChI=1S/C15H13ClOS/c1-2-18-14-9-5-12(6-10-14)15(17)11-3-7-13(16)8-4-11/h3-10H,2H2,1H3. The largest absolute Gasteiger partial charge is 0.289 e. The van der Waals surface area contributed by atoms with Crippen LogP contribution >= 0.6 is 23.4 Å². The van der Waals surface area contributed by atoms with Gasteiger partial charge in [-0.1, -0.05) is 18.5 Å². The maximum atomic E-state index is 12.2. The highest BCUT2D eigenvalue weighted by atomic mass is 35.5. The molecule has 0 fully saturated rings. The number of hydrogen-bond donors (Lipinski definition) is 0. The Bertz CT molecular complexity index is 531.